The van der Waals surface area contributed by atoms with E-state index >= 15 is 0 Å². The second kappa shape index (κ2) is 12.4. The normalized spacial score (nSPS) is 11.3. The van der Waals surface area contributed by atoms with Gasteiger partial charge in [-0.3, -0.25) is 14.4 Å². The summed E-state index contributed by atoms with van der Waals surface area (Å²) in [5.41, 5.74) is 3.03. The van der Waals surface area contributed by atoms with Crippen LogP contribution in [0.2, 0.25) is 0 Å². The predicted octanol–water partition coefficient (Wildman–Crippen LogP) is 3.30. The highest BCUT2D eigenvalue weighted by atomic mass is 16.5. The molecule has 0 fully saturated rings. The fraction of sp³-hybridized carbons (Fsp3) is 0.375. The molecule has 2 aromatic carbocycles. The van der Waals surface area contributed by atoms with Gasteiger partial charge in [0, 0.05) is 12.5 Å². The van der Waals surface area contributed by atoms with Gasteiger partial charge in [-0.2, -0.15) is 0 Å². The molecule has 31 heavy (non-hydrogen) atoms. The Kier molecular flexibility index (Phi) is 9.55. The summed E-state index contributed by atoms with van der Waals surface area (Å²) in [7, 11) is 2.91. The van der Waals surface area contributed by atoms with Crippen LogP contribution < -0.4 is 10.1 Å². The lowest BCUT2D eigenvalue weighted by Crippen LogP contribution is -2.38. The first-order chi connectivity index (χ1) is 14.9. The van der Waals surface area contributed by atoms with Crippen molar-refractivity contribution in [1.82, 2.24) is 5.32 Å². The highest BCUT2D eigenvalue weighted by Crippen LogP contribution is 2.24. The fourth-order valence-corrected chi connectivity index (χ4v) is 3.13. The molecule has 7 heteroatoms. The summed E-state index contributed by atoms with van der Waals surface area (Å²) >= 11 is 0. The van der Waals surface area contributed by atoms with E-state index in [1.807, 2.05) is 48.5 Å². The van der Waals surface area contributed by atoms with Crippen molar-refractivity contribution in [2.75, 3.05) is 20.8 Å². The number of carbonyl (C=O) groups excluding carboxylic acids is 3. The summed E-state index contributed by atoms with van der Waals surface area (Å²) in [6.07, 6.45) is 0.501. The first kappa shape index (κ1) is 23.9. The first-order valence-electron chi connectivity index (χ1n) is 10.2. The SMILES string of the molecule is CCOC(=O)C[C@@H](Cc1ccc(-c2cccc(OC)c2)cc1)NC(=O)CCC(=O)OC. The number of nitrogens with one attached hydrogen (secondary N) is 1. The van der Waals surface area contributed by atoms with Crippen molar-refractivity contribution in [3.05, 3.63) is 54.1 Å². The van der Waals surface area contributed by atoms with Crippen LogP contribution in [0.3, 0.4) is 0 Å². The number of ether oxygens (including phenoxy) is 3. The molecule has 0 unspecified atom stereocenters. The predicted molar refractivity (Wildman–Crippen MR) is 117 cm³/mol. The minimum absolute atomic E-state index is 0.000770. The number of benzene rings is 2. The summed E-state index contributed by atoms with van der Waals surface area (Å²) in [4.78, 5) is 35.5. The van der Waals surface area contributed by atoms with Crippen molar-refractivity contribution in [2.24, 2.45) is 0 Å². The highest BCUT2D eigenvalue weighted by molar-refractivity contribution is 5.82. The maximum atomic E-state index is 12.2. The van der Waals surface area contributed by atoms with Crippen molar-refractivity contribution >= 4 is 17.8 Å². The molecule has 1 atom stereocenters. The largest absolute Gasteiger partial charge is 0.497 e. The molecule has 0 bridgehead atoms. The van der Waals surface area contributed by atoms with Crippen LogP contribution in [-0.4, -0.2) is 44.7 Å². The lowest BCUT2D eigenvalue weighted by Gasteiger charge is -2.18. The number of esters is 2. The van der Waals surface area contributed by atoms with E-state index in [1.54, 1.807) is 14.0 Å². The molecule has 0 spiro atoms. The maximum Gasteiger partial charge on any atom is 0.307 e. The highest BCUT2D eigenvalue weighted by Gasteiger charge is 2.19. The van der Waals surface area contributed by atoms with E-state index in [9.17, 15) is 14.4 Å². The molecule has 1 amide bonds. The zero-order chi connectivity index (χ0) is 22.6. The van der Waals surface area contributed by atoms with E-state index in [4.69, 9.17) is 9.47 Å². The number of rotatable bonds is 11. The second-order valence-electron chi connectivity index (χ2n) is 6.98. The van der Waals surface area contributed by atoms with Crippen molar-refractivity contribution in [3.63, 3.8) is 0 Å². The van der Waals surface area contributed by atoms with Gasteiger partial charge in [-0.1, -0.05) is 36.4 Å². The molecular weight excluding hydrogens is 398 g/mol. The monoisotopic (exact) mass is 427 g/mol. The van der Waals surface area contributed by atoms with Crippen molar-refractivity contribution in [3.8, 4) is 16.9 Å². The van der Waals surface area contributed by atoms with E-state index in [0.717, 1.165) is 22.4 Å². The Morgan fingerprint density at radius 2 is 1.68 bits per heavy atom. The quantitative estimate of drug-likeness (QED) is 0.554. The Balaban J connectivity index is 2.06. The molecule has 0 heterocycles. The molecule has 0 saturated carbocycles. The average Bonchev–Trinajstić information content (AvgIpc) is 2.78. The topological polar surface area (TPSA) is 90.9 Å². The zero-order valence-electron chi connectivity index (χ0n) is 18.2. The van der Waals surface area contributed by atoms with E-state index in [0.29, 0.717) is 6.42 Å². The summed E-state index contributed by atoms with van der Waals surface area (Å²) in [6, 6.07) is 15.3. The smallest absolute Gasteiger partial charge is 0.307 e. The first-order valence-corrected chi connectivity index (χ1v) is 10.2. The van der Waals surface area contributed by atoms with Crippen LogP contribution in [0.15, 0.2) is 48.5 Å². The zero-order valence-corrected chi connectivity index (χ0v) is 18.2. The number of amides is 1. The van der Waals surface area contributed by atoms with E-state index < -0.39 is 12.0 Å². The summed E-state index contributed by atoms with van der Waals surface area (Å²) in [6.45, 7) is 2.01. The number of hydrogen-bond acceptors (Lipinski definition) is 6. The molecule has 0 aliphatic rings. The van der Waals surface area contributed by atoms with Crippen molar-refractivity contribution < 1.29 is 28.6 Å². The van der Waals surface area contributed by atoms with Gasteiger partial charge in [-0.15, -0.1) is 0 Å². The molecule has 0 aliphatic heterocycles. The third kappa shape index (κ3) is 8.12. The second-order valence-corrected chi connectivity index (χ2v) is 6.98. The summed E-state index contributed by atoms with van der Waals surface area (Å²) in [5, 5.41) is 2.83. The lowest BCUT2D eigenvalue weighted by atomic mass is 9.99. The van der Waals surface area contributed by atoms with Crippen LogP contribution in [0.4, 0.5) is 0 Å². The summed E-state index contributed by atoms with van der Waals surface area (Å²) in [5.74, 6) is -0.363. The molecule has 7 nitrogen and oxygen atoms in total. The Morgan fingerprint density at radius 1 is 0.935 bits per heavy atom. The molecule has 0 aliphatic carbocycles. The molecule has 0 saturated heterocycles. The molecule has 166 valence electrons. The van der Waals surface area contributed by atoms with Gasteiger partial charge in [0.2, 0.25) is 5.91 Å². The minimum atomic E-state index is -0.453. The van der Waals surface area contributed by atoms with Crippen LogP contribution in [0.5, 0.6) is 5.75 Å². The van der Waals surface area contributed by atoms with Gasteiger partial charge in [-0.05, 0) is 42.2 Å². The van der Waals surface area contributed by atoms with Crippen LogP contribution in [-0.2, 0) is 30.3 Å². The standard InChI is InChI=1S/C24H29NO6/c1-4-31-24(28)16-20(25-22(26)12-13-23(27)30-3)14-17-8-10-18(11-9-17)19-6-5-7-21(15-19)29-2/h5-11,15,20H,4,12-14,16H2,1-3H3,(H,25,26)/t20-/m1/s1. The Bertz CT molecular complexity index is 878. The minimum Gasteiger partial charge on any atom is -0.497 e. The number of methoxy groups -OCH3 is 2. The molecule has 0 aromatic heterocycles. The Hall–Kier alpha value is -3.35. The Morgan fingerprint density at radius 3 is 2.32 bits per heavy atom. The third-order valence-electron chi connectivity index (χ3n) is 4.71. The molecule has 2 aromatic rings. The van der Waals surface area contributed by atoms with Crippen LogP contribution >= 0.6 is 0 Å². The van der Waals surface area contributed by atoms with Crippen LogP contribution in [0.1, 0.15) is 31.7 Å². The molecule has 0 radical (unpaired) electrons. The van der Waals surface area contributed by atoms with Gasteiger partial charge in [0.15, 0.2) is 0 Å². The van der Waals surface area contributed by atoms with Crippen molar-refractivity contribution in [1.29, 1.82) is 0 Å². The Labute approximate surface area is 182 Å². The van der Waals surface area contributed by atoms with E-state index in [-0.39, 0.29) is 37.7 Å². The third-order valence-corrected chi connectivity index (χ3v) is 4.71. The van der Waals surface area contributed by atoms with Crippen LogP contribution in [0.25, 0.3) is 11.1 Å². The van der Waals surface area contributed by atoms with E-state index in [1.165, 1.54) is 7.11 Å². The average molecular weight is 427 g/mol. The molecule has 1 N–H and O–H groups in total. The van der Waals surface area contributed by atoms with Crippen molar-refractivity contribution in [2.45, 2.75) is 38.6 Å². The van der Waals surface area contributed by atoms with E-state index in [2.05, 4.69) is 10.1 Å². The van der Waals surface area contributed by atoms with Gasteiger partial charge in [0.25, 0.3) is 0 Å². The van der Waals surface area contributed by atoms with Gasteiger partial charge >= 0.3 is 11.9 Å². The maximum absolute atomic E-state index is 12.2. The van der Waals surface area contributed by atoms with Crippen LogP contribution in [0, 0.1) is 0 Å². The van der Waals surface area contributed by atoms with Gasteiger partial charge in [0.05, 0.1) is 33.7 Å². The number of carbonyl (C=O) groups is 3. The van der Waals surface area contributed by atoms with Gasteiger partial charge < -0.3 is 19.5 Å². The number of hydrogen-bond donors (Lipinski definition) is 1. The molecular formula is C24H29NO6. The fourth-order valence-electron chi connectivity index (χ4n) is 3.13. The lowest BCUT2D eigenvalue weighted by molar-refractivity contribution is -0.144. The van der Waals surface area contributed by atoms with Gasteiger partial charge in [-0.25, -0.2) is 0 Å². The van der Waals surface area contributed by atoms with Gasteiger partial charge in [0.1, 0.15) is 5.75 Å². The summed E-state index contributed by atoms with van der Waals surface area (Å²) < 4.78 is 14.9. The molecule has 2 rings (SSSR count).